The van der Waals surface area contributed by atoms with Crippen molar-refractivity contribution in [2.24, 2.45) is 0 Å². The van der Waals surface area contributed by atoms with Gasteiger partial charge in [0.1, 0.15) is 0 Å². The molecule has 0 saturated heterocycles. The maximum absolute atomic E-state index is 5.50. The molecule has 1 aliphatic rings. The van der Waals surface area contributed by atoms with Crippen molar-refractivity contribution in [3.63, 3.8) is 0 Å². The highest BCUT2D eigenvalue weighted by Crippen LogP contribution is 2.48. The predicted octanol–water partition coefficient (Wildman–Crippen LogP) is 2.05. The summed E-state index contributed by atoms with van der Waals surface area (Å²) in [4.78, 5) is 4.05. The number of pyridine rings is 1. The summed E-state index contributed by atoms with van der Waals surface area (Å²) in [6.07, 6.45) is 11.5. The molecule has 0 bridgehead atoms. The molecule has 2 rings (SSSR count). The smallest absolute Gasteiger partial charge is 0.0565 e. The van der Waals surface area contributed by atoms with Gasteiger partial charge >= 0.3 is 0 Å². The first kappa shape index (κ1) is 7.36. The van der Waals surface area contributed by atoms with Crippen molar-refractivity contribution in [1.82, 2.24) is 4.98 Å². The van der Waals surface area contributed by atoms with Gasteiger partial charge in [0.25, 0.3) is 0 Å². The Bertz CT molecular complexity index is 342. The van der Waals surface area contributed by atoms with Crippen molar-refractivity contribution < 1.29 is 0 Å². The van der Waals surface area contributed by atoms with E-state index in [-0.39, 0.29) is 5.41 Å². The fourth-order valence-corrected chi connectivity index (χ4v) is 1.63. The van der Waals surface area contributed by atoms with Gasteiger partial charge in [-0.15, -0.1) is 6.42 Å². The van der Waals surface area contributed by atoms with Crippen LogP contribution in [-0.2, 0) is 5.41 Å². The van der Waals surface area contributed by atoms with E-state index in [0.717, 1.165) is 12.8 Å². The van der Waals surface area contributed by atoms with Crippen LogP contribution in [0, 0.1) is 19.3 Å². The van der Waals surface area contributed by atoms with Crippen LogP contribution in [-0.4, -0.2) is 4.98 Å². The van der Waals surface area contributed by atoms with Crippen molar-refractivity contribution in [3.05, 3.63) is 29.6 Å². The maximum atomic E-state index is 5.50. The summed E-state index contributed by atoms with van der Waals surface area (Å²) in [5.41, 5.74) is 2.57. The van der Waals surface area contributed by atoms with E-state index in [0.29, 0.717) is 0 Å². The summed E-state index contributed by atoms with van der Waals surface area (Å²) in [6, 6.07) is 2.04. The second-order valence-electron chi connectivity index (χ2n) is 3.42. The molecule has 0 aromatic carbocycles. The highest BCUT2D eigenvalue weighted by molar-refractivity contribution is 5.43. The van der Waals surface area contributed by atoms with Crippen molar-refractivity contribution in [2.45, 2.75) is 25.2 Å². The Morgan fingerprint density at radius 2 is 2.33 bits per heavy atom. The first-order valence-corrected chi connectivity index (χ1v) is 4.17. The molecule has 0 atom stereocenters. The molecule has 1 heterocycles. The number of aryl methyl sites for hydroxylation is 1. The van der Waals surface area contributed by atoms with Gasteiger partial charge in [-0.25, -0.2) is 0 Å². The number of hydrogen-bond acceptors (Lipinski definition) is 1. The monoisotopic (exact) mass is 157 g/mol. The molecule has 1 aliphatic carbocycles. The van der Waals surface area contributed by atoms with Crippen LogP contribution in [0.5, 0.6) is 0 Å². The van der Waals surface area contributed by atoms with E-state index in [2.05, 4.69) is 17.8 Å². The minimum Gasteiger partial charge on any atom is -0.264 e. The molecule has 0 unspecified atom stereocenters. The van der Waals surface area contributed by atoms with Crippen LogP contribution in [0.15, 0.2) is 18.5 Å². The Balaban J connectivity index is 2.48. The lowest BCUT2D eigenvalue weighted by Gasteiger charge is -2.09. The van der Waals surface area contributed by atoms with Crippen molar-refractivity contribution in [3.8, 4) is 12.3 Å². The number of rotatable bonds is 1. The van der Waals surface area contributed by atoms with Crippen LogP contribution in [0.3, 0.4) is 0 Å². The molecule has 1 aromatic rings. The molecule has 0 aliphatic heterocycles. The van der Waals surface area contributed by atoms with Gasteiger partial charge in [0.2, 0.25) is 0 Å². The molecule has 0 N–H and O–H groups in total. The first-order chi connectivity index (χ1) is 5.78. The maximum Gasteiger partial charge on any atom is 0.0565 e. The molecule has 1 heteroatoms. The minimum atomic E-state index is 0.0625. The molecule has 1 aromatic heterocycles. The third kappa shape index (κ3) is 0.921. The Kier molecular flexibility index (Phi) is 1.44. The highest BCUT2D eigenvalue weighted by Gasteiger charge is 2.43. The normalized spacial score (nSPS) is 18.3. The second kappa shape index (κ2) is 2.35. The van der Waals surface area contributed by atoms with Gasteiger partial charge in [-0.1, -0.05) is 5.92 Å². The van der Waals surface area contributed by atoms with Gasteiger partial charge in [0.15, 0.2) is 0 Å². The molecule has 0 spiro atoms. The average Bonchev–Trinajstić information content (AvgIpc) is 2.86. The van der Waals surface area contributed by atoms with E-state index in [9.17, 15) is 0 Å². The lowest BCUT2D eigenvalue weighted by atomic mass is 9.94. The van der Waals surface area contributed by atoms with E-state index >= 15 is 0 Å². The van der Waals surface area contributed by atoms with Crippen LogP contribution < -0.4 is 0 Å². The van der Waals surface area contributed by atoms with E-state index in [1.54, 1.807) is 0 Å². The quantitative estimate of drug-likeness (QED) is 0.568. The Morgan fingerprint density at radius 3 is 2.83 bits per heavy atom. The topological polar surface area (TPSA) is 12.9 Å². The fourth-order valence-electron chi connectivity index (χ4n) is 1.63. The van der Waals surface area contributed by atoms with Crippen molar-refractivity contribution in [2.75, 3.05) is 0 Å². The Hall–Kier alpha value is -1.29. The SMILES string of the molecule is C#CC1(c2ccncc2C)CC1. The van der Waals surface area contributed by atoms with Crippen LogP contribution >= 0.6 is 0 Å². The van der Waals surface area contributed by atoms with Gasteiger partial charge in [-0.2, -0.15) is 0 Å². The molecule has 1 saturated carbocycles. The molecule has 1 fully saturated rings. The second-order valence-corrected chi connectivity index (χ2v) is 3.42. The van der Waals surface area contributed by atoms with Gasteiger partial charge in [-0.3, -0.25) is 4.98 Å². The van der Waals surface area contributed by atoms with Crippen LogP contribution in [0.4, 0.5) is 0 Å². The molecule has 0 amide bonds. The Morgan fingerprint density at radius 1 is 1.58 bits per heavy atom. The summed E-state index contributed by atoms with van der Waals surface area (Å²) in [6.45, 7) is 2.07. The molecule has 0 radical (unpaired) electrons. The van der Waals surface area contributed by atoms with Gasteiger partial charge < -0.3 is 0 Å². The fraction of sp³-hybridized carbons (Fsp3) is 0.364. The highest BCUT2D eigenvalue weighted by atomic mass is 14.6. The summed E-state index contributed by atoms with van der Waals surface area (Å²) in [7, 11) is 0. The predicted molar refractivity (Wildman–Crippen MR) is 48.7 cm³/mol. The van der Waals surface area contributed by atoms with Crippen LogP contribution in [0.1, 0.15) is 24.0 Å². The lowest BCUT2D eigenvalue weighted by molar-refractivity contribution is 0.908. The third-order valence-electron chi connectivity index (χ3n) is 2.56. The number of terminal acetylenes is 1. The summed E-state index contributed by atoms with van der Waals surface area (Å²) < 4.78 is 0. The summed E-state index contributed by atoms with van der Waals surface area (Å²) in [5.74, 6) is 2.88. The molecular formula is C11H11N. The molecule has 1 nitrogen and oxygen atoms in total. The molecule has 60 valence electrons. The third-order valence-corrected chi connectivity index (χ3v) is 2.56. The van der Waals surface area contributed by atoms with Crippen molar-refractivity contribution in [1.29, 1.82) is 0 Å². The van der Waals surface area contributed by atoms with Gasteiger partial charge in [0, 0.05) is 12.4 Å². The lowest BCUT2D eigenvalue weighted by Crippen LogP contribution is -2.04. The zero-order chi connectivity index (χ0) is 8.60. The minimum absolute atomic E-state index is 0.0625. The first-order valence-electron chi connectivity index (χ1n) is 4.17. The van der Waals surface area contributed by atoms with Crippen LogP contribution in [0.2, 0.25) is 0 Å². The summed E-state index contributed by atoms with van der Waals surface area (Å²) in [5, 5.41) is 0. The number of nitrogens with zero attached hydrogens (tertiary/aromatic N) is 1. The van der Waals surface area contributed by atoms with Gasteiger partial charge in [0.05, 0.1) is 5.41 Å². The van der Waals surface area contributed by atoms with Gasteiger partial charge in [-0.05, 0) is 37.0 Å². The zero-order valence-corrected chi connectivity index (χ0v) is 7.17. The van der Waals surface area contributed by atoms with E-state index in [1.807, 2.05) is 18.5 Å². The summed E-state index contributed by atoms with van der Waals surface area (Å²) >= 11 is 0. The zero-order valence-electron chi connectivity index (χ0n) is 7.17. The van der Waals surface area contributed by atoms with E-state index < -0.39 is 0 Å². The number of hydrogen-bond donors (Lipinski definition) is 0. The van der Waals surface area contributed by atoms with Crippen molar-refractivity contribution >= 4 is 0 Å². The largest absolute Gasteiger partial charge is 0.264 e. The Labute approximate surface area is 72.8 Å². The molecule has 12 heavy (non-hydrogen) atoms. The number of aromatic nitrogens is 1. The standard InChI is InChI=1S/C11H11N/c1-3-11(5-6-11)10-4-7-12-8-9(10)2/h1,4,7-8H,5-6H2,2H3. The van der Waals surface area contributed by atoms with E-state index in [1.165, 1.54) is 11.1 Å². The van der Waals surface area contributed by atoms with E-state index in [4.69, 9.17) is 6.42 Å². The molecular weight excluding hydrogens is 146 g/mol. The average molecular weight is 157 g/mol. The van der Waals surface area contributed by atoms with Crippen LogP contribution in [0.25, 0.3) is 0 Å².